The Balaban J connectivity index is 3.36. The van der Waals surface area contributed by atoms with Crippen molar-refractivity contribution >= 4 is 17.6 Å². The fourth-order valence-corrected chi connectivity index (χ4v) is 1.32. The summed E-state index contributed by atoms with van der Waals surface area (Å²) in [5.74, 6) is -2.44. The lowest BCUT2D eigenvalue weighted by Gasteiger charge is -2.12. The first-order valence-electron chi connectivity index (χ1n) is 4.50. The second-order valence-electron chi connectivity index (χ2n) is 3.03. The van der Waals surface area contributed by atoms with Crippen molar-refractivity contribution < 1.29 is 27.1 Å². The number of rotatable bonds is 2. The minimum absolute atomic E-state index is 0.0921. The van der Waals surface area contributed by atoms with Crippen LogP contribution in [0, 0.1) is 5.82 Å². The van der Waals surface area contributed by atoms with E-state index in [2.05, 4.69) is 4.74 Å². The monoisotopic (exact) mass is 270 g/mol. The van der Waals surface area contributed by atoms with Gasteiger partial charge in [0.15, 0.2) is 0 Å². The van der Waals surface area contributed by atoms with E-state index in [0.717, 1.165) is 0 Å². The molecule has 0 aromatic heterocycles. The van der Waals surface area contributed by atoms with Crippen molar-refractivity contribution in [3.63, 3.8) is 0 Å². The van der Waals surface area contributed by atoms with Crippen molar-refractivity contribution in [1.29, 1.82) is 0 Å². The van der Waals surface area contributed by atoms with Crippen LogP contribution in [0.4, 0.5) is 17.6 Å². The van der Waals surface area contributed by atoms with Gasteiger partial charge in [0.1, 0.15) is 5.82 Å². The lowest BCUT2D eigenvalue weighted by atomic mass is 10.1. The van der Waals surface area contributed by atoms with Crippen LogP contribution in [0.5, 0.6) is 0 Å². The highest BCUT2D eigenvalue weighted by Gasteiger charge is 2.36. The van der Waals surface area contributed by atoms with Crippen LogP contribution < -0.4 is 0 Å². The van der Waals surface area contributed by atoms with E-state index < -0.39 is 34.1 Å². The summed E-state index contributed by atoms with van der Waals surface area (Å²) >= 11 is 5.33. The van der Waals surface area contributed by atoms with Gasteiger partial charge in [-0.05, 0) is 19.1 Å². The molecule has 17 heavy (non-hydrogen) atoms. The summed E-state index contributed by atoms with van der Waals surface area (Å²) in [5.41, 5.74) is -2.20. The summed E-state index contributed by atoms with van der Waals surface area (Å²) in [5, 5.41) is -0.568. The standard InChI is InChI=1S/C10H7ClF4O2/c1-2-17-9(16)5-3-7(11)8(12)4-6(5)10(13,14)15/h3-4H,2H2,1H3. The first kappa shape index (κ1) is 13.8. The van der Waals surface area contributed by atoms with E-state index in [4.69, 9.17) is 11.6 Å². The average molecular weight is 271 g/mol. The van der Waals surface area contributed by atoms with E-state index in [-0.39, 0.29) is 12.7 Å². The molecule has 0 aliphatic carbocycles. The van der Waals surface area contributed by atoms with E-state index in [9.17, 15) is 22.4 Å². The maximum Gasteiger partial charge on any atom is 0.417 e. The van der Waals surface area contributed by atoms with E-state index in [1.807, 2.05) is 0 Å². The Labute approximate surface area is 99.1 Å². The molecule has 0 aliphatic rings. The molecular weight excluding hydrogens is 264 g/mol. The van der Waals surface area contributed by atoms with Crippen LogP contribution in [0.1, 0.15) is 22.8 Å². The molecule has 0 amide bonds. The van der Waals surface area contributed by atoms with Crippen LogP contribution >= 0.6 is 11.6 Å². The second-order valence-corrected chi connectivity index (χ2v) is 3.44. The predicted molar refractivity (Wildman–Crippen MR) is 52.4 cm³/mol. The third kappa shape index (κ3) is 3.09. The number of esters is 1. The van der Waals surface area contributed by atoms with Gasteiger partial charge >= 0.3 is 12.1 Å². The van der Waals surface area contributed by atoms with Crippen molar-refractivity contribution in [3.05, 3.63) is 34.1 Å². The van der Waals surface area contributed by atoms with Crippen molar-refractivity contribution in [2.75, 3.05) is 6.61 Å². The molecule has 0 N–H and O–H groups in total. The van der Waals surface area contributed by atoms with Gasteiger partial charge in [0, 0.05) is 0 Å². The largest absolute Gasteiger partial charge is 0.462 e. The van der Waals surface area contributed by atoms with Gasteiger partial charge < -0.3 is 4.74 Å². The van der Waals surface area contributed by atoms with Crippen LogP contribution in [0.3, 0.4) is 0 Å². The Morgan fingerprint density at radius 3 is 2.47 bits per heavy atom. The molecule has 0 spiro atoms. The Morgan fingerprint density at radius 2 is 2.00 bits per heavy atom. The van der Waals surface area contributed by atoms with Gasteiger partial charge in [-0.1, -0.05) is 11.6 Å². The third-order valence-corrected chi connectivity index (χ3v) is 2.15. The van der Waals surface area contributed by atoms with Gasteiger partial charge in [-0.2, -0.15) is 13.2 Å². The number of carbonyl (C=O) groups excluding carboxylic acids is 1. The SMILES string of the molecule is CCOC(=O)c1cc(Cl)c(F)cc1C(F)(F)F. The number of halogens is 5. The van der Waals surface area contributed by atoms with Gasteiger partial charge in [0.2, 0.25) is 0 Å². The fourth-order valence-electron chi connectivity index (χ4n) is 1.16. The maximum atomic E-state index is 13.0. The Bertz CT molecular complexity index is 443. The zero-order valence-corrected chi connectivity index (χ0v) is 9.32. The Morgan fingerprint density at radius 1 is 1.41 bits per heavy atom. The first-order valence-corrected chi connectivity index (χ1v) is 4.88. The van der Waals surface area contributed by atoms with Crippen LogP contribution in [-0.4, -0.2) is 12.6 Å². The molecule has 0 saturated heterocycles. The summed E-state index contributed by atoms with van der Waals surface area (Å²) in [7, 11) is 0. The molecule has 2 nitrogen and oxygen atoms in total. The van der Waals surface area contributed by atoms with Crippen LogP contribution in [0.25, 0.3) is 0 Å². The highest BCUT2D eigenvalue weighted by Crippen LogP contribution is 2.34. The molecule has 1 aromatic rings. The Kier molecular flexibility index (Phi) is 3.98. The highest BCUT2D eigenvalue weighted by molar-refractivity contribution is 6.31. The third-order valence-electron chi connectivity index (χ3n) is 1.86. The normalized spacial score (nSPS) is 11.4. The van der Waals surface area contributed by atoms with Crippen molar-refractivity contribution in [2.24, 2.45) is 0 Å². The van der Waals surface area contributed by atoms with Crippen LogP contribution in [0.15, 0.2) is 12.1 Å². The number of hydrogen-bond donors (Lipinski definition) is 0. The molecule has 0 aliphatic heterocycles. The smallest absolute Gasteiger partial charge is 0.417 e. The molecule has 0 heterocycles. The molecule has 0 radical (unpaired) electrons. The second kappa shape index (κ2) is 4.91. The molecular formula is C10H7ClF4O2. The zero-order chi connectivity index (χ0) is 13.2. The van der Waals surface area contributed by atoms with Gasteiger partial charge in [-0.15, -0.1) is 0 Å². The fraction of sp³-hybridized carbons (Fsp3) is 0.300. The first-order chi connectivity index (χ1) is 7.77. The maximum absolute atomic E-state index is 13.0. The molecule has 1 aromatic carbocycles. The molecule has 94 valence electrons. The summed E-state index contributed by atoms with van der Waals surface area (Å²) < 4.78 is 55.0. The zero-order valence-electron chi connectivity index (χ0n) is 8.57. The van der Waals surface area contributed by atoms with Crippen molar-refractivity contribution in [3.8, 4) is 0 Å². The van der Waals surface area contributed by atoms with Crippen LogP contribution in [0.2, 0.25) is 5.02 Å². The summed E-state index contributed by atoms with van der Waals surface area (Å²) in [6, 6.07) is 0.784. The van der Waals surface area contributed by atoms with Gasteiger partial charge in [-0.3, -0.25) is 0 Å². The van der Waals surface area contributed by atoms with Crippen molar-refractivity contribution in [2.45, 2.75) is 13.1 Å². The molecule has 0 saturated carbocycles. The lowest BCUT2D eigenvalue weighted by molar-refractivity contribution is -0.138. The number of alkyl halides is 3. The number of ether oxygens (including phenoxy) is 1. The molecule has 0 unspecified atom stereocenters. The Hall–Kier alpha value is -1.30. The van der Waals surface area contributed by atoms with Crippen LogP contribution in [-0.2, 0) is 10.9 Å². The summed E-state index contributed by atoms with van der Waals surface area (Å²) in [6.45, 7) is 1.35. The molecule has 1 rings (SSSR count). The highest BCUT2D eigenvalue weighted by atomic mass is 35.5. The molecule has 0 fully saturated rings. The number of hydrogen-bond acceptors (Lipinski definition) is 2. The van der Waals surface area contributed by atoms with Gasteiger partial charge in [0.25, 0.3) is 0 Å². The van der Waals surface area contributed by atoms with Gasteiger partial charge in [0.05, 0.1) is 22.8 Å². The number of carbonyl (C=O) groups is 1. The topological polar surface area (TPSA) is 26.3 Å². The predicted octanol–water partition coefficient (Wildman–Crippen LogP) is 3.67. The molecule has 0 bridgehead atoms. The summed E-state index contributed by atoms with van der Waals surface area (Å²) in [4.78, 5) is 11.3. The summed E-state index contributed by atoms with van der Waals surface area (Å²) in [6.07, 6.45) is -4.85. The minimum atomic E-state index is -4.85. The van der Waals surface area contributed by atoms with Gasteiger partial charge in [-0.25, -0.2) is 9.18 Å². The molecule has 0 atom stereocenters. The van der Waals surface area contributed by atoms with E-state index in [0.29, 0.717) is 6.07 Å². The van der Waals surface area contributed by atoms with E-state index >= 15 is 0 Å². The molecule has 7 heteroatoms. The quantitative estimate of drug-likeness (QED) is 0.605. The van der Waals surface area contributed by atoms with E-state index in [1.54, 1.807) is 0 Å². The number of benzene rings is 1. The minimum Gasteiger partial charge on any atom is -0.462 e. The average Bonchev–Trinajstić information content (AvgIpc) is 2.20. The van der Waals surface area contributed by atoms with Crippen molar-refractivity contribution in [1.82, 2.24) is 0 Å². The van der Waals surface area contributed by atoms with E-state index in [1.165, 1.54) is 6.92 Å². The lowest BCUT2D eigenvalue weighted by Crippen LogP contribution is -2.15.